The van der Waals surface area contributed by atoms with E-state index < -0.39 is 12.1 Å². The fraction of sp³-hybridized carbons (Fsp3) is 0.462. The van der Waals surface area contributed by atoms with Crippen LogP contribution in [0.2, 0.25) is 0 Å². The van der Waals surface area contributed by atoms with Gasteiger partial charge in [-0.2, -0.15) is 0 Å². The molecule has 0 saturated carbocycles. The van der Waals surface area contributed by atoms with E-state index in [1.54, 1.807) is 0 Å². The van der Waals surface area contributed by atoms with Crippen molar-refractivity contribution in [3.8, 4) is 0 Å². The second-order valence-corrected chi connectivity index (χ2v) is 3.74. The van der Waals surface area contributed by atoms with Crippen LogP contribution in [0.4, 0.5) is 0 Å². The lowest BCUT2D eigenvalue weighted by atomic mass is 10.2. The summed E-state index contributed by atoms with van der Waals surface area (Å²) < 4.78 is 10.5. The Hall–Kier alpha value is -1.39. The van der Waals surface area contributed by atoms with E-state index in [1.807, 2.05) is 30.3 Å². The fourth-order valence-electron chi connectivity index (χ4n) is 1.26. The molecular formula is C13H18O4. The Kier molecular flexibility index (Phi) is 6.29. The molecule has 0 saturated heterocycles. The van der Waals surface area contributed by atoms with Crippen molar-refractivity contribution >= 4 is 5.97 Å². The van der Waals surface area contributed by atoms with Crippen molar-refractivity contribution in [2.45, 2.75) is 26.1 Å². The summed E-state index contributed by atoms with van der Waals surface area (Å²) in [6.07, 6.45) is -0.0473. The lowest BCUT2D eigenvalue weighted by Gasteiger charge is -2.08. The summed E-state index contributed by atoms with van der Waals surface area (Å²) in [7, 11) is 0. The number of benzene rings is 1. The third kappa shape index (κ3) is 6.04. The van der Waals surface area contributed by atoms with E-state index in [2.05, 4.69) is 0 Å². The van der Waals surface area contributed by atoms with Crippen LogP contribution >= 0.6 is 0 Å². The number of hydrogen-bond acceptors (Lipinski definition) is 3. The molecule has 0 fully saturated rings. The zero-order valence-electron chi connectivity index (χ0n) is 9.96. The number of rotatable bonds is 8. The number of carbonyl (C=O) groups is 1. The van der Waals surface area contributed by atoms with Crippen molar-refractivity contribution in [1.29, 1.82) is 0 Å². The topological polar surface area (TPSA) is 55.8 Å². The molecule has 0 radical (unpaired) electrons. The highest BCUT2D eigenvalue weighted by Gasteiger charge is 2.09. The van der Waals surface area contributed by atoms with E-state index in [-0.39, 0.29) is 0 Å². The maximum atomic E-state index is 10.4. The van der Waals surface area contributed by atoms with Gasteiger partial charge in [-0.25, -0.2) is 4.79 Å². The molecule has 0 heterocycles. The Morgan fingerprint density at radius 2 is 2.00 bits per heavy atom. The zero-order valence-corrected chi connectivity index (χ0v) is 9.96. The molecule has 1 aromatic carbocycles. The zero-order chi connectivity index (χ0) is 12.5. The van der Waals surface area contributed by atoms with Crippen LogP contribution in [0.25, 0.3) is 0 Å². The minimum atomic E-state index is -0.935. The second-order valence-electron chi connectivity index (χ2n) is 3.74. The predicted octanol–water partition coefficient (Wildman–Crippen LogP) is 2.08. The van der Waals surface area contributed by atoms with Crippen molar-refractivity contribution in [3.05, 3.63) is 35.9 Å². The van der Waals surface area contributed by atoms with Gasteiger partial charge in [-0.3, -0.25) is 0 Å². The molecule has 1 atom stereocenters. The van der Waals surface area contributed by atoms with E-state index >= 15 is 0 Å². The Bertz CT molecular complexity index is 323. The van der Waals surface area contributed by atoms with Gasteiger partial charge >= 0.3 is 5.97 Å². The first-order valence-electron chi connectivity index (χ1n) is 5.66. The average molecular weight is 238 g/mol. The molecule has 0 bridgehead atoms. The third-order valence-corrected chi connectivity index (χ3v) is 2.26. The van der Waals surface area contributed by atoms with Gasteiger partial charge in [0.1, 0.15) is 0 Å². The second kappa shape index (κ2) is 7.81. The van der Waals surface area contributed by atoms with Gasteiger partial charge in [-0.05, 0) is 18.9 Å². The molecule has 17 heavy (non-hydrogen) atoms. The summed E-state index contributed by atoms with van der Waals surface area (Å²) >= 11 is 0. The van der Waals surface area contributed by atoms with Gasteiger partial charge in [0.25, 0.3) is 0 Å². The van der Waals surface area contributed by atoms with E-state index in [0.29, 0.717) is 26.2 Å². The van der Waals surface area contributed by atoms with Gasteiger partial charge in [0.15, 0.2) is 6.10 Å². The first-order chi connectivity index (χ1) is 8.20. The molecule has 1 N–H and O–H groups in total. The Morgan fingerprint density at radius 3 is 2.65 bits per heavy atom. The van der Waals surface area contributed by atoms with Gasteiger partial charge in [-0.1, -0.05) is 30.3 Å². The van der Waals surface area contributed by atoms with Crippen LogP contribution in [-0.2, 0) is 20.9 Å². The van der Waals surface area contributed by atoms with Crippen LogP contribution in [0.5, 0.6) is 0 Å². The van der Waals surface area contributed by atoms with Gasteiger partial charge in [0, 0.05) is 13.2 Å². The standard InChI is InChI=1S/C13H18O4/c1-11(13(14)15)17-9-5-8-16-10-12-6-3-2-4-7-12/h2-4,6-7,11H,5,8-10H2,1H3,(H,14,15)/t11-/m1/s1. The van der Waals surface area contributed by atoms with Crippen molar-refractivity contribution in [2.24, 2.45) is 0 Å². The predicted molar refractivity (Wildman–Crippen MR) is 63.8 cm³/mol. The lowest BCUT2D eigenvalue weighted by Crippen LogP contribution is -2.20. The molecule has 1 aromatic rings. The van der Waals surface area contributed by atoms with E-state index in [0.717, 1.165) is 5.56 Å². The minimum Gasteiger partial charge on any atom is -0.479 e. The van der Waals surface area contributed by atoms with E-state index in [4.69, 9.17) is 14.6 Å². The average Bonchev–Trinajstić information content (AvgIpc) is 2.34. The maximum Gasteiger partial charge on any atom is 0.332 e. The summed E-state index contributed by atoms with van der Waals surface area (Å²) in [5.74, 6) is -0.935. The SMILES string of the molecule is C[C@@H](OCCCOCc1ccccc1)C(=O)O. The Labute approximate surface area is 101 Å². The Balaban J connectivity index is 2.00. The first kappa shape index (κ1) is 13.7. The summed E-state index contributed by atoms with van der Waals surface area (Å²) in [6.45, 7) is 3.08. The highest BCUT2D eigenvalue weighted by molar-refractivity contribution is 5.71. The third-order valence-electron chi connectivity index (χ3n) is 2.26. The van der Waals surface area contributed by atoms with Gasteiger partial charge in [-0.15, -0.1) is 0 Å². The molecular weight excluding hydrogens is 220 g/mol. The van der Waals surface area contributed by atoms with Crippen molar-refractivity contribution < 1.29 is 19.4 Å². The van der Waals surface area contributed by atoms with Gasteiger partial charge in [0.05, 0.1) is 6.61 Å². The number of ether oxygens (including phenoxy) is 2. The quantitative estimate of drug-likeness (QED) is 0.704. The molecule has 0 aliphatic heterocycles. The Morgan fingerprint density at radius 1 is 1.29 bits per heavy atom. The van der Waals surface area contributed by atoms with Crippen molar-refractivity contribution in [1.82, 2.24) is 0 Å². The van der Waals surface area contributed by atoms with E-state index in [9.17, 15) is 4.79 Å². The molecule has 0 amide bonds. The minimum absolute atomic E-state index is 0.405. The molecule has 1 rings (SSSR count). The largest absolute Gasteiger partial charge is 0.479 e. The van der Waals surface area contributed by atoms with Crippen LogP contribution in [0.3, 0.4) is 0 Å². The van der Waals surface area contributed by atoms with Gasteiger partial charge < -0.3 is 14.6 Å². The first-order valence-corrected chi connectivity index (χ1v) is 5.66. The van der Waals surface area contributed by atoms with E-state index in [1.165, 1.54) is 6.92 Å². The van der Waals surface area contributed by atoms with Crippen LogP contribution in [0.15, 0.2) is 30.3 Å². The summed E-state index contributed by atoms with van der Waals surface area (Å²) in [5, 5.41) is 8.58. The lowest BCUT2D eigenvalue weighted by molar-refractivity contribution is -0.149. The molecule has 0 aliphatic rings. The number of carboxylic acids is 1. The molecule has 0 spiro atoms. The number of aliphatic carboxylic acids is 1. The molecule has 4 nitrogen and oxygen atoms in total. The number of hydrogen-bond donors (Lipinski definition) is 1. The van der Waals surface area contributed by atoms with Crippen molar-refractivity contribution in [2.75, 3.05) is 13.2 Å². The molecule has 4 heteroatoms. The van der Waals surface area contributed by atoms with Crippen molar-refractivity contribution in [3.63, 3.8) is 0 Å². The molecule has 0 aromatic heterocycles. The van der Waals surface area contributed by atoms with Crippen LogP contribution in [0, 0.1) is 0 Å². The normalized spacial score (nSPS) is 12.3. The summed E-state index contributed by atoms with van der Waals surface area (Å²) in [4.78, 5) is 10.4. The highest BCUT2D eigenvalue weighted by atomic mass is 16.5. The molecule has 94 valence electrons. The molecule has 0 aliphatic carbocycles. The van der Waals surface area contributed by atoms with Crippen LogP contribution in [0.1, 0.15) is 18.9 Å². The maximum absolute atomic E-state index is 10.4. The molecule has 0 unspecified atom stereocenters. The van der Waals surface area contributed by atoms with Gasteiger partial charge in [0.2, 0.25) is 0 Å². The van der Waals surface area contributed by atoms with Crippen LogP contribution in [-0.4, -0.2) is 30.4 Å². The van der Waals surface area contributed by atoms with Crippen LogP contribution < -0.4 is 0 Å². The smallest absolute Gasteiger partial charge is 0.332 e. The summed E-state index contributed by atoms with van der Waals surface area (Å²) in [5.41, 5.74) is 1.13. The monoisotopic (exact) mass is 238 g/mol. The highest BCUT2D eigenvalue weighted by Crippen LogP contribution is 2.01. The fourth-order valence-corrected chi connectivity index (χ4v) is 1.26. The summed E-state index contributed by atoms with van der Waals surface area (Å²) in [6, 6.07) is 9.91. The number of carboxylic acid groups (broad SMARTS) is 1.